The van der Waals surface area contributed by atoms with Crippen molar-refractivity contribution in [3.05, 3.63) is 35.4 Å². The summed E-state index contributed by atoms with van der Waals surface area (Å²) in [4.78, 5) is 16.7. The average molecular weight is 339 g/mol. The largest absolute Gasteiger partial charge is 0.340 e. The summed E-state index contributed by atoms with van der Waals surface area (Å²) in [6.07, 6.45) is 7.24. The molecule has 4 nitrogen and oxygen atoms in total. The SMILES string of the molecule is CC(=O)N1CCCCC[C@@H]1C1CCN(Cc2ccc(C#N)cc2)CC1. The lowest BCUT2D eigenvalue weighted by Crippen LogP contribution is -2.47. The standard InChI is InChI=1S/C21H29N3O/c1-17(25)24-12-4-2-3-5-21(24)20-10-13-23(14-11-20)16-19-8-6-18(15-22)7-9-19/h6-9,20-21H,2-5,10-14,16H2,1H3/t21-/m1/s1. The maximum atomic E-state index is 12.1. The van der Waals surface area contributed by atoms with Crippen molar-refractivity contribution in [1.82, 2.24) is 9.80 Å². The predicted octanol–water partition coefficient (Wildman–Crippen LogP) is 3.56. The third-order valence-electron chi connectivity index (χ3n) is 5.87. The first-order valence-corrected chi connectivity index (χ1v) is 9.66. The number of carbonyl (C=O) groups excluding carboxylic acids is 1. The molecule has 2 saturated heterocycles. The maximum Gasteiger partial charge on any atom is 0.219 e. The number of rotatable bonds is 3. The summed E-state index contributed by atoms with van der Waals surface area (Å²) in [6.45, 7) is 5.85. The molecule has 1 aromatic carbocycles. The minimum Gasteiger partial charge on any atom is -0.340 e. The second kappa shape index (κ2) is 8.49. The number of benzene rings is 1. The summed E-state index contributed by atoms with van der Waals surface area (Å²) in [6, 6.07) is 10.6. The van der Waals surface area contributed by atoms with Crippen molar-refractivity contribution >= 4 is 5.91 Å². The molecule has 3 rings (SSSR count). The molecule has 2 fully saturated rings. The van der Waals surface area contributed by atoms with Gasteiger partial charge in [0.15, 0.2) is 0 Å². The van der Waals surface area contributed by atoms with Crippen molar-refractivity contribution in [3.8, 4) is 6.07 Å². The number of amides is 1. The van der Waals surface area contributed by atoms with Crippen LogP contribution in [0.15, 0.2) is 24.3 Å². The molecule has 0 aromatic heterocycles. The van der Waals surface area contributed by atoms with E-state index in [9.17, 15) is 4.79 Å². The Morgan fingerprint density at radius 1 is 1.08 bits per heavy atom. The van der Waals surface area contributed by atoms with Gasteiger partial charge in [0.25, 0.3) is 0 Å². The maximum absolute atomic E-state index is 12.1. The molecule has 2 aliphatic heterocycles. The Balaban J connectivity index is 1.55. The van der Waals surface area contributed by atoms with Gasteiger partial charge in [-0.1, -0.05) is 25.0 Å². The topological polar surface area (TPSA) is 47.3 Å². The Bertz CT molecular complexity index is 611. The second-order valence-electron chi connectivity index (χ2n) is 7.55. The molecule has 2 aliphatic rings. The van der Waals surface area contributed by atoms with Gasteiger partial charge in [-0.05, 0) is 62.4 Å². The van der Waals surface area contributed by atoms with Gasteiger partial charge in [-0.3, -0.25) is 9.69 Å². The van der Waals surface area contributed by atoms with E-state index < -0.39 is 0 Å². The number of carbonyl (C=O) groups is 1. The van der Waals surface area contributed by atoms with Crippen LogP contribution in [0.4, 0.5) is 0 Å². The van der Waals surface area contributed by atoms with Crippen LogP contribution in [-0.4, -0.2) is 41.4 Å². The van der Waals surface area contributed by atoms with Crippen LogP contribution >= 0.6 is 0 Å². The van der Waals surface area contributed by atoms with Gasteiger partial charge in [0.1, 0.15) is 0 Å². The molecule has 4 heteroatoms. The van der Waals surface area contributed by atoms with Gasteiger partial charge < -0.3 is 4.90 Å². The van der Waals surface area contributed by atoms with Crippen LogP contribution < -0.4 is 0 Å². The third-order valence-corrected chi connectivity index (χ3v) is 5.87. The molecule has 0 unspecified atom stereocenters. The molecule has 25 heavy (non-hydrogen) atoms. The molecular weight excluding hydrogens is 310 g/mol. The fraction of sp³-hybridized carbons (Fsp3) is 0.619. The minimum absolute atomic E-state index is 0.256. The molecule has 1 amide bonds. The van der Waals surface area contributed by atoms with E-state index in [2.05, 4.69) is 28.0 Å². The lowest BCUT2D eigenvalue weighted by Gasteiger charge is -2.40. The van der Waals surface area contributed by atoms with E-state index in [-0.39, 0.29) is 5.91 Å². The van der Waals surface area contributed by atoms with Crippen LogP contribution in [0.1, 0.15) is 56.6 Å². The van der Waals surface area contributed by atoms with Crippen LogP contribution in [0.2, 0.25) is 0 Å². The Morgan fingerprint density at radius 3 is 2.44 bits per heavy atom. The van der Waals surface area contributed by atoms with Crippen LogP contribution in [0.25, 0.3) is 0 Å². The zero-order chi connectivity index (χ0) is 17.6. The molecule has 2 heterocycles. The lowest BCUT2D eigenvalue weighted by atomic mass is 9.86. The minimum atomic E-state index is 0.256. The predicted molar refractivity (Wildman–Crippen MR) is 98.8 cm³/mol. The molecule has 0 aliphatic carbocycles. The summed E-state index contributed by atoms with van der Waals surface area (Å²) in [7, 11) is 0. The molecule has 0 N–H and O–H groups in total. The summed E-state index contributed by atoms with van der Waals surface area (Å²) in [5.74, 6) is 0.908. The van der Waals surface area contributed by atoms with Gasteiger partial charge in [-0.2, -0.15) is 5.26 Å². The molecule has 1 atom stereocenters. The fourth-order valence-electron chi connectivity index (χ4n) is 4.45. The van der Waals surface area contributed by atoms with Crippen LogP contribution in [0, 0.1) is 17.2 Å². The van der Waals surface area contributed by atoms with Crippen LogP contribution in [0.3, 0.4) is 0 Å². The van der Waals surface area contributed by atoms with Gasteiger partial charge in [0, 0.05) is 26.1 Å². The van der Waals surface area contributed by atoms with Crippen LogP contribution in [-0.2, 0) is 11.3 Å². The van der Waals surface area contributed by atoms with Crippen molar-refractivity contribution in [2.75, 3.05) is 19.6 Å². The Labute approximate surface area is 151 Å². The highest BCUT2D eigenvalue weighted by Crippen LogP contribution is 2.30. The van der Waals surface area contributed by atoms with Gasteiger partial charge in [-0.25, -0.2) is 0 Å². The second-order valence-corrected chi connectivity index (χ2v) is 7.55. The van der Waals surface area contributed by atoms with E-state index >= 15 is 0 Å². The fourth-order valence-corrected chi connectivity index (χ4v) is 4.45. The summed E-state index contributed by atoms with van der Waals surface area (Å²) in [5, 5.41) is 8.89. The first-order chi connectivity index (χ1) is 12.2. The Morgan fingerprint density at radius 2 is 1.80 bits per heavy atom. The highest BCUT2D eigenvalue weighted by atomic mass is 16.2. The molecule has 0 radical (unpaired) electrons. The molecule has 1 aromatic rings. The third kappa shape index (κ3) is 4.61. The van der Waals surface area contributed by atoms with Crippen LogP contribution in [0.5, 0.6) is 0 Å². The van der Waals surface area contributed by atoms with Gasteiger partial charge in [0.05, 0.1) is 11.6 Å². The zero-order valence-corrected chi connectivity index (χ0v) is 15.3. The number of nitrogens with zero attached hydrogens (tertiary/aromatic N) is 3. The van der Waals surface area contributed by atoms with E-state index in [1.165, 1.54) is 37.7 Å². The number of piperidine rings is 1. The molecule has 0 saturated carbocycles. The van der Waals surface area contributed by atoms with Gasteiger partial charge >= 0.3 is 0 Å². The molecule has 134 valence electrons. The summed E-state index contributed by atoms with van der Waals surface area (Å²) in [5.41, 5.74) is 2.00. The van der Waals surface area contributed by atoms with Crippen molar-refractivity contribution in [2.24, 2.45) is 5.92 Å². The Hall–Kier alpha value is -1.86. The van der Waals surface area contributed by atoms with Crippen molar-refractivity contribution < 1.29 is 4.79 Å². The number of hydrogen-bond acceptors (Lipinski definition) is 3. The number of hydrogen-bond donors (Lipinski definition) is 0. The van der Waals surface area contributed by atoms with Gasteiger partial charge in [-0.15, -0.1) is 0 Å². The van der Waals surface area contributed by atoms with E-state index in [4.69, 9.17) is 5.26 Å². The molecular formula is C21H29N3O. The summed E-state index contributed by atoms with van der Waals surface area (Å²) >= 11 is 0. The smallest absolute Gasteiger partial charge is 0.219 e. The van der Waals surface area contributed by atoms with Crippen molar-refractivity contribution in [1.29, 1.82) is 5.26 Å². The first kappa shape index (κ1) is 17.9. The van der Waals surface area contributed by atoms with E-state index in [0.717, 1.165) is 38.2 Å². The zero-order valence-electron chi connectivity index (χ0n) is 15.3. The first-order valence-electron chi connectivity index (χ1n) is 9.66. The summed E-state index contributed by atoms with van der Waals surface area (Å²) < 4.78 is 0. The van der Waals surface area contributed by atoms with Gasteiger partial charge in [0.2, 0.25) is 5.91 Å². The average Bonchev–Trinajstić information content (AvgIpc) is 2.89. The monoisotopic (exact) mass is 339 g/mol. The van der Waals surface area contributed by atoms with E-state index in [0.29, 0.717) is 12.0 Å². The molecule has 0 bridgehead atoms. The van der Waals surface area contributed by atoms with Crippen molar-refractivity contribution in [2.45, 2.75) is 58.0 Å². The van der Waals surface area contributed by atoms with E-state index in [1.54, 1.807) is 6.92 Å². The van der Waals surface area contributed by atoms with Crippen molar-refractivity contribution in [3.63, 3.8) is 0 Å². The number of likely N-dealkylation sites (tertiary alicyclic amines) is 2. The molecule has 0 spiro atoms. The Kier molecular flexibility index (Phi) is 6.09. The normalized spacial score (nSPS) is 23.0. The highest BCUT2D eigenvalue weighted by Gasteiger charge is 2.32. The lowest BCUT2D eigenvalue weighted by molar-refractivity contribution is -0.132. The number of nitriles is 1. The van der Waals surface area contributed by atoms with E-state index in [1.807, 2.05) is 12.1 Å². The highest BCUT2D eigenvalue weighted by molar-refractivity contribution is 5.73. The quantitative estimate of drug-likeness (QED) is 0.846.